The van der Waals surface area contributed by atoms with Gasteiger partial charge in [-0.05, 0) is 66.6 Å². The summed E-state index contributed by atoms with van der Waals surface area (Å²) < 4.78 is 27.4. The topological polar surface area (TPSA) is 69.9 Å². The smallest absolute Gasteiger partial charge is 0.338 e. The van der Waals surface area contributed by atoms with Crippen LogP contribution in [0.2, 0.25) is 10.0 Å². The third-order valence-corrected chi connectivity index (χ3v) is 8.55. The lowest BCUT2D eigenvalue weighted by atomic mass is 9.93. The van der Waals surface area contributed by atoms with Crippen LogP contribution in [-0.2, 0) is 16.1 Å². The quantitative estimate of drug-likeness (QED) is 0.169. The number of hydrogen-bond acceptors (Lipinski definition) is 6. The van der Waals surface area contributed by atoms with Crippen molar-refractivity contribution < 1.29 is 18.7 Å². The zero-order chi connectivity index (χ0) is 31.5. The molecule has 0 saturated heterocycles. The summed E-state index contributed by atoms with van der Waals surface area (Å²) in [6.07, 6.45) is 1.70. The lowest BCUT2D eigenvalue weighted by molar-refractivity contribution is -0.138. The van der Waals surface area contributed by atoms with Gasteiger partial charge in [-0.15, -0.1) is 0 Å². The van der Waals surface area contributed by atoms with Gasteiger partial charge < -0.3 is 9.47 Å². The van der Waals surface area contributed by atoms with Gasteiger partial charge in [0, 0.05) is 21.2 Å². The summed E-state index contributed by atoms with van der Waals surface area (Å²) in [5.41, 5.74) is 2.85. The minimum atomic E-state index is -0.920. The van der Waals surface area contributed by atoms with Crippen LogP contribution in [0.4, 0.5) is 4.39 Å². The zero-order valence-electron chi connectivity index (χ0n) is 23.9. The molecule has 0 saturated carbocycles. The second kappa shape index (κ2) is 13.2. The van der Waals surface area contributed by atoms with Crippen LogP contribution in [0, 0.1) is 5.82 Å². The molecule has 0 N–H and O–H groups in total. The third-order valence-electron chi connectivity index (χ3n) is 7.10. The Kier molecular flexibility index (Phi) is 8.98. The van der Waals surface area contributed by atoms with E-state index >= 15 is 0 Å². The monoisotopic (exact) mass is 658 g/mol. The number of halogens is 3. The number of hydrogen-bond donors (Lipinski definition) is 0. The summed E-state index contributed by atoms with van der Waals surface area (Å²) in [5.74, 6) is -0.546. The highest BCUT2D eigenvalue weighted by Crippen LogP contribution is 2.35. The van der Waals surface area contributed by atoms with E-state index in [0.717, 1.165) is 5.56 Å². The van der Waals surface area contributed by atoms with Gasteiger partial charge in [0.2, 0.25) is 0 Å². The molecule has 0 aliphatic carbocycles. The Morgan fingerprint density at radius 2 is 1.73 bits per heavy atom. The SMILES string of the molecule is CCOC(=O)C1=C(c2ccccc2)N=c2s/c(=C\c3cc(Cl)ccc3OCc3cccc(Cl)c3)c(=O)n2[C@@H]1c1ccc(F)cc1. The standard InChI is InChI=1S/C35H25Cl2FN2O4S/c1-2-43-34(42)30-31(22-8-4-3-5-9-22)39-35-40(32(30)23-11-14-27(38)15-12-23)33(41)29(45-35)19-24-18-26(37)13-16-28(24)44-20-21-7-6-10-25(36)17-21/h3-19,32H,2,20H2,1H3/b29-19-/t32-/m1/s1. The molecular formula is C35H25Cl2FN2O4S. The molecule has 1 atom stereocenters. The van der Waals surface area contributed by atoms with Crippen molar-refractivity contribution in [1.82, 2.24) is 4.57 Å². The van der Waals surface area contributed by atoms with Crippen LogP contribution in [0.5, 0.6) is 5.75 Å². The number of rotatable bonds is 8. The number of ether oxygens (including phenoxy) is 2. The van der Waals surface area contributed by atoms with E-state index in [2.05, 4.69) is 0 Å². The average molecular weight is 660 g/mol. The number of aromatic nitrogens is 1. The molecule has 6 nitrogen and oxygen atoms in total. The van der Waals surface area contributed by atoms with Gasteiger partial charge in [-0.1, -0.05) is 89.1 Å². The first-order valence-corrected chi connectivity index (χ1v) is 15.6. The molecule has 0 bridgehead atoms. The number of thiazole rings is 1. The van der Waals surface area contributed by atoms with E-state index in [4.69, 9.17) is 37.7 Å². The maximum absolute atomic E-state index is 14.2. The van der Waals surface area contributed by atoms with Crippen LogP contribution in [0.3, 0.4) is 0 Å². The van der Waals surface area contributed by atoms with E-state index < -0.39 is 17.8 Å². The summed E-state index contributed by atoms with van der Waals surface area (Å²) in [4.78, 5) is 33.0. The summed E-state index contributed by atoms with van der Waals surface area (Å²) >= 11 is 13.7. The van der Waals surface area contributed by atoms with Gasteiger partial charge in [0.05, 0.1) is 28.5 Å². The van der Waals surface area contributed by atoms with Gasteiger partial charge in [-0.2, -0.15) is 0 Å². The van der Waals surface area contributed by atoms with Crippen molar-refractivity contribution in [1.29, 1.82) is 0 Å². The fraction of sp³-hybridized carbons (Fsp3) is 0.114. The molecule has 45 heavy (non-hydrogen) atoms. The van der Waals surface area contributed by atoms with E-state index in [0.29, 0.717) is 47.5 Å². The van der Waals surface area contributed by atoms with Crippen molar-refractivity contribution in [3.05, 3.63) is 160 Å². The van der Waals surface area contributed by atoms with Crippen LogP contribution >= 0.6 is 34.5 Å². The first kappa shape index (κ1) is 30.5. The van der Waals surface area contributed by atoms with Crippen molar-refractivity contribution in [3.63, 3.8) is 0 Å². The highest BCUT2D eigenvalue weighted by Gasteiger charge is 2.35. The fourth-order valence-corrected chi connectivity index (χ4v) is 6.48. The molecule has 0 fully saturated rings. The highest BCUT2D eigenvalue weighted by molar-refractivity contribution is 7.07. The molecule has 0 unspecified atom stereocenters. The van der Waals surface area contributed by atoms with Crippen LogP contribution in [0.25, 0.3) is 11.8 Å². The summed E-state index contributed by atoms with van der Waals surface area (Å²) in [5, 5.41) is 1.06. The van der Waals surface area contributed by atoms with Gasteiger partial charge >= 0.3 is 5.97 Å². The Morgan fingerprint density at radius 1 is 0.978 bits per heavy atom. The molecule has 0 radical (unpaired) electrons. The molecule has 4 aromatic carbocycles. The molecule has 5 aromatic rings. The largest absolute Gasteiger partial charge is 0.488 e. The maximum atomic E-state index is 14.2. The number of benzene rings is 4. The lowest BCUT2D eigenvalue weighted by Gasteiger charge is -2.25. The normalized spacial score (nSPS) is 14.6. The third kappa shape index (κ3) is 6.49. The summed E-state index contributed by atoms with van der Waals surface area (Å²) in [6.45, 7) is 2.08. The lowest BCUT2D eigenvalue weighted by Crippen LogP contribution is -2.40. The molecule has 1 aromatic heterocycles. The van der Waals surface area contributed by atoms with Crippen molar-refractivity contribution >= 4 is 52.3 Å². The highest BCUT2D eigenvalue weighted by atomic mass is 35.5. The summed E-state index contributed by atoms with van der Waals surface area (Å²) in [6, 6.07) is 26.5. The van der Waals surface area contributed by atoms with Gasteiger partial charge in [0.1, 0.15) is 18.2 Å². The van der Waals surface area contributed by atoms with Crippen LogP contribution in [0.1, 0.15) is 35.2 Å². The summed E-state index contributed by atoms with van der Waals surface area (Å²) in [7, 11) is 0. The second-order valence-corrected chi connectivity index (χ2v) is 12.0. The van der Waals surface area contributed by atoms with Gasteiger partial charge in [0.15, 0.2) is 4.80 Å². The molecule has 2 heterocycles. The molecule has 1 aliphatic rings. The minimum Gasteiger partial charge on any atom is -0.488 e. The van der Waals surface area contributed by atoms with Crippen LogP contribution in [-0.4, -0.2) is 17.1 Å². The number of carbonyl (C=O) groups is 1. The molecule has 0 amide bonds. The van der Waals surface area contributed by atoms with Crippen molar-refractivity contribution in [2.45, 2.75) is 19.6 Å². The Morgan fingerprint density at radius 3 is 2.47 bits per heavy atom. The number of carbonyl (C=O) groups excluding carboxylic acids is 1. The van der Waals surface area contributed by atoms with Crippen LogP contribution in [0.15, 0.2) is 112 Å². The van der Waals surface area contributed by atoms with E-state index in [-0.39, 0.29) is 24.3 Å². The van der Waals surface area contributed by atoms with Gasteiger partial charge in [0.25, 0.3) is 5.56 Å². The first-order valence-electron chi connectivity index (χ1n) is 14.0. The molecule has 10 heteroatoms. The average Bonchev–Trinajstić information content (AvgIpc) is 3.35. The molecule has 226 valence electrons. The predicted molar refractivity (Wildman–Crippen MR) is 175 cm³/mol. The Hall–Kier alpha value is -4.50. The van der Waals surface area contributed by atoms with Crippen LogP contribution < -0.4 is 19.6 Å². The van der Waals surface area contributed by atoms with Crippen molar-refractivity contribution in [2.75, 3.05) is 6.61 Å². The maximum Gasteiger partial charge on any atom is 0.338 e. The Bertz CT molecular complexity index is 2110. The van der Waals surface area contributed by atoms with Crippen molar-refractivity contribution in [2.24, 2.45) is 4.99 Å². The molecular weight excluding hydrogens is 634 g/mol. The van der Waals surface area contributed by atoms with E-state index in [1.54, 1.807) is 49.4 Å². The zero-order valence-corrected chi connectivity index (χ0v) is 26.2. The number of nitrogens with zero attached hydrogens (tertiary/aromatic N) is 2. The van der Waals surface area contributed by atoms with Gasteiger partial charge in [-0.3, -0.25) is 9.36 Å². The second-order valence-electron chi connectivity index (χ2n) is 10.1. The number of esters is 1. The molecule has 6 rings (SSSR count). The minimum absolute atomic E-state index is 0.123. The van der Waals surface area contributed by atoms with E-state index in [1.165, 1.54) is 28.0 Å². The molecule has 0 spiro atoms. The first-order chi connectivity index (χ1) is 21.8. The molecule has 1 aliphatic heterocycles. The van der Waals surface area contributed by atoms with Gasteiger partial charge in [-0.25, -0.2) is 14.2 Å². The van der Waals surface area contributed by atoms with Crippen molar-refractivity contribution in [3.8, 4) is 5.75 Å². The Balaban J connectivity index is 1.54. The fourth-order valence-electron chi connectivity index (χ4n) is 5.09. The van der Waals surface area contributed by atoms with E-state index in [9.17, 15) is 14.0 Å². The number of fused-ring (bicyclic) bond motifs is 1. The van der Waals surface area contributed by atoms with E-state index in [1.807, 2.05) is 48.5 Å². The Labute approximate surface area is 271 Å². The predicted octanol–water partition coefficient (Wildman–Crippen LogP) is 6.96.